The predicted octanol–water partition coefficient (Wildman–Crippen LogP) is 4.22. The first-order valence-corrected chi connectivity index (χ1v) is 9.77. The van der Waals surface area contributed by atoms with E-state index in [1.54, 1.807) is 34.4 Å². The number of likely N-dealkylation sites (tertiary alicyclic amines) is 1. The molecule has 1 saturated heterocycles. The lowest BCUT2D eigenvalue weighted by Gasteiger charge is -2.32. The van der Waals surface area contributed by atoms with Gasteiger partial charge in [0, 0.05) is 25.2 Å². The van der Waals surface area contributed by atoms with Crippen molar-refractivity contribution >= 4 is 46.4 Å². The molecule has 0 spiro atoms. The van der Waals surface area contributed by atoms with Crippen LogP contribution in [0.1, 0.15) is 28.8 Å². The van der Waals surface area contributed by atoms with Crippen molar-refractivity contribution in [1.82, 2.24) is 10.2 Å². The Hall–Kier alpha value is -1.56. The normalized spacial score (nSPS) is 17.4. The van der Waals surface area contributed by atoms with Crippen LogP contribution in [0.5, 0.6) is 0 Å². The molecule has 2 aromatic rings. The number of halogens is 2. The predicted molar refractivity (Wildman–Crippen MR) is 101 cm³/mol. The Morgan fingerprint density at radius 1 is 1.24 bits per heavy atom. The Bertz CT molecular complexity index is 764. The fourth-order valence-corrected chi connectivity index (χ4v) is 3.88. The first-order chi connectivity index (χ1) is 12.0. The van der Waals surface area contributed by atoms with E-state index in [2.05, 4.69) is 5.32 Å². The van der Waals surface area contributed by atoms with E-state index in [1.165, 1.54) is 0 Å². The first-order valence-electron chi connectivity index (χ1n) is 8.07. The number of amides is 2. The summed E-state index contributed by atoms with van der Waals surface area (Å²) in [5, 5.41) is 7.74. The number of hydrogen-bond donors (Lipinski definition) is 1. The molecule has 1 N–H and O–H groups in total. The van der Waals surface area contributed by atoms with Gasteiger partial charge in [-0.05, 0) is 53.4 Å². The van der Waals surface area contributed by atoms with Crippen LogP contribution in [-0.4, -0.2) is 29.8 Å². The van der Waals surface area contributed by atoms with Crippen molar-refractivity contribution in [2.24, 2.45) is 5.92 Å². The third-order valence-electron chi connectivity index (χ3n) is 4.29. The zero-order valence-corrected chi connectivity index (χ0v) is 15.8. The van der Waals surface area contributed by atoms with Gasteiger partial charge in [-0.25, -0.2) is 0 Å². The van der Waals surface area contributed by atoms with Gasteiger partial charge in [0.1, 0.15) is 0 Å². The standard InChI is InChI=1S/C18H18Cl2N2O2S/c19-15-4-3-13(8-16(15)20)18(24)22-6-1-2-14(10-22)17(23)21-9-12-5-7-25-11-12/h3-5,7-8,11,14H,1-2,6,9-10H2,(H,21,23). The molecule has 1 unspecified atom stereocenters. The molecule has 0 aliphatic carbocycles. The summed E-state index contributed by atoms with van der Waals surface area (Å²) < 4.78 is 0. The van der Waals surface area contributed by atoms with Crippen LogP contribution in [-0.2, 0) is 11.3 Å². The highest BCUT2D eigenvalue weighted by molar-refractivity contribution is 7.07. The number of benzene rings is 1. The minimum Gasteiger partial charge on any atom is -0.352 e. The van der Waals surface area contributed by atoms with Gasteiger partial charge in [0.2, 0.25) is 5.91 Å². The molecule has 1 aliphatic heterocycles. The van der Waals surface area contributed by atoms with Gasteiger partial charge in [0.15, 0.2) is 0 Å². The summed E-state index contributed by atoms with van der Waals surface area (Å²) >= 11 is 13.5. The Morgan fingerprint density at radius 3 is 2.80 bits per heavy atom. The highest BCUT2D eigenvalue weighted by Gasteiger charge is 2.29. The topological polar surface area (TPSA) is 49.4 Å². The van der Waals surface area contributed by atoms with Crippen LogP contribution < -0.4 is 5.32 Å². The molecule has 1 aromatic carbocycles. The maximum atomic E-state index is 12.7. The minimum absolute atomic E-state index is 0.00200. The van der Waals surface area contributed by atoms with Crippen LogP contribution in [0.3, 0.4) is 0 Å². The minimum atomic E-state index is -0.181. The summed E-state index contributed by atoms with van der Waals surface area (Å²) in [6, 6.07) is 6.85. The lowest BCUT2D eigenvalue weighted by Crippen LogP contribution is -2.45. The monoisotopic (exact) mass is 396 g/mol. The van der Waals surface area contributed by atoms with Crippen LogP contribution in [0.2, 0.25) is 10.0 Å². The Labute approximate surface area is 160 Å². The van der Waals surface area contributed by atoms with Crippen molar-refractivity contribution in [2.75, 3.05) is 13.1 Å². The zero-order valence-electron chi connectivity index (χ0n) is 13.5. The smallest absolute Gasteiger partial charge is 0.253 e. The second-order valence-electron chi connectivity index (χ2n) is 6.07. The van der Waals surface area contributed by atoms with Gasteiger partial charge in [-0.1, -0.05) is 23.2 Å². The molecular formula is C18H18Cl2N2O2S. The van der Waals surface area contributed by atoms with E-state index in [-0.39, 0.29) is 17.7 Å². The third-order valence-corrected chi connectivity index (χ3v) is 5.76. The van der Waals surface area contributed by atoms with Gasteiger partial charge < -0.3 is 10.2 Å². The molecule has 1 fully saturated rings. The van der Waals surface area contributed by atoms with Gasteiger partial charge in [-0.3, -0.25) is 9.59 Å². The highest BCUT2D eigenvalue weighted by atomic mass is 35.5. The van der Waals surface area contributed by atoms with E-state index < -0.39 is 0 Å². The average molecular weight is 397 g/mol. The van der Waals surface area contributed by atoms with E-state index in [9.17, 15) is 9.59 Å². The molecule has 132 valence electrons. The lowest BCUT2D eigenvalue weighted by atomic mass is 9.96. The van der Waals surface area contributed by atoms with Crippen molar-refractivity contribution in [3.05, 3.63) is 56.2 Å². The van der Waals surface area contributed by atoms with Crippen LogP contribution in [0.4, 0.5) is 0 Å². The largest absolute Gasteiger partial charge is 0.352 e. The van der Waals surface area contributed by atoms with Crippen molar-refractivity contribution in [3.63, 3.8) is 0 Å². The number of thiophene rings is 1. The van der Waals surface area contributed by atoms with Crippen LogP contribution in [0.15, 0.2) is 35.0 Å². The summed E-state index contributed by atoms with van der Waals surface area (Å²) in [5.41, 5.74) is 1.59. The van der Waals surface area contributed by atoms with E-state index in [0.29, 0.717) is 35.2 Å². The maximum absolute atomic E-state index is 12.7. The second-order valence-corrected chi connectivity index (χ2v) is 7.66. The van der Waals surface area contributed by atoms with Crippen molar-refractivity contribution in [1.29, 1.82) is 0 Å². The number of piperidine rings is 1. The van der Waals surface area contributed by atoms with Crippen LogP contribution >= 0.6 is 34.5 Å². The van der Waals surface area contributed by atoms with E-state index in [0.717, 1.165) is 18.4 Å². The summed E-state index contributed by atoms with van der Waals surface area (Å²) in [4.78, 5) is 26.8. The SMILES string of the molecule is O=C(NCc1ccsc1)C1CCCN(C(=O)c2ccc(Cl)c(Cl)c2)C1. The molecule has 2 amide bonds. The van der Waals surface area contributed by atoms with Crippen molar-refractivity contribution in [3.8, 4) is 0 Å². The molecule has 2 heterocycles. The molecule has 7 heteroatoms. The Kier molecular flexibility index (Phi) is 5.99. The molecule has 1 aromatic heterocycles. The van der Waals surface area contributed by atoms with Crippen LogP contribution in [0.25, 0.3) is 0 Å². The molecule has 0 saturated carbocycles. The number of carbonyl (C=O) groups is 2. The second kappa shape index (κ2) is 8.21. The summed E-state index contributed by atoms with van der Waals surface area (Å²) in [6.45, 7) is 1.60. The molecule has 3 rings (SSSR count). The van der Waals surface area contributed by atoms with Gasteiger partial charge in [0.05, 0.1) is 16.0 Å². The maximum Gasteiger partial charge on any atom is 0.253 e. The Morgan fingerprint density at radius 2 is 2.08 bits per heavy atom. The summed E-state index contributed by atoms with van der Waals surface area (Å²) in [7, 11) is 0. The lowest BCUT2D eigenvalue weighted by molar-refractivity contribution is -0.126. The van der Waals surface area contributed by atoms with E-state index in [1.807, 2.05) is 16.8 Å². The first kappa shape index (κ1) is 18.2. The number of rotatable bonds is 4. The molecule has 25 heavy (non-hydrogen) atoms. The van der Waals surface area contributed by atoms with Gasteiger partial charge >= 0.3 is 0 Å². The Balaban J connectivity index is 1.60. The molecule has 1 atom stereocenters. The van der Waals surface area contributed by atoms with E-state index >= 15 is 0 Å². The molecular weight excluding hydrogens is 379 g/mol. The number of hydrogen-bond acceptors (Lipinski definition) is 3. The fourth-order valence-electron chi connectivity index (χ4n) is 2.91. The zero-order chi connectivity index (χ0) is 17.8. The highest BCUT2D eigenvalue weighted by Crippen LogP contribution is 2.25. The van der Waals surface area contributed by atoms with Gasteiger partial charge in [0.25, 0.3) is 5.91 Å². The third kappa shape index (κ3) is 4.54. The van der Waals surface area contributed by atoms with Crippen molar-refractivity contribution < 1.29 is 9.59 Å². The van der Waals surface area contributed by atoms with Gasteiger partial charge in [-0.15, -0.1) is 0 Å². The van der Waals surface area contributed by atoms with Gasteiger partial charge in [-0.2, -0.15) is 11.3 Å². The number of carbonyl (C=O) groups excluding carboxylic acids is 2. The molecule has 0 radical (unpaired) electrons. The number of nitrogens with zero attached hydrogens (tertiary/aromatic N) is 1. The fraction of sp³-hybridized carbons (Fsp3) is 0.333. The molecule has 1 aliphatic rings. The number of nitrogens with one attached hydrogen (secondary N) is 1. The van der Waals surface area contributed by atoms with Crippen molar-refractivity contribution in [2.45, 2.75) is 19.4 Å². The van der Waals surface area contributed by atoms with Crippen LogP contribution in [0, 0.1) is 5.92 Å². The summed E-state index contributed by atoms with van der Waals surface area (Å²) in [5.74, 6) is -0.300. The van der Waals surface area contributed by atoms with E-state index in [4.69, 9.17) is 23.2 Å². The summed E-state index contributed by atoms with van der Waals surface area (Å²) in [6.07, 6.45) is 1.60. The quantitative estimate of drug-likeness (QED) is 0.840. The average Bonchev–Trinajstić information content (AvgIpc) is 3.15. The molecule has 4 nitrogen and oxygen atoms in total. The molecule has 0 bridgehead atoms.